The Bertz CT molecular complexity index is 1130. The number of aryl methyl sites for hydroxylation is 4. The summed E-state index contributed by atoms with van der Waals surface area (Å²) in [5.41, 5.74) is 10.2. The highest BCUT2D eigenvalue weighted by Crippen LogP contribution is 2.37. The van der Waals surface area contributed by atoms with E-state index in [1.54, 1.807) is 0 Å². The number of hydrogen-bond acceptors (Lipinski definition) is 0. The summed E-state index contributed by atoms with van der Waals surface area (Å²) < 4.78 is 0. The lowest BCUT2D eigenvalue weighted by Crippen LogP contribution is -2.08. The van der Waals surface area contributed by atoms with Crippen molar-refractivity contribution >= 4 is 12.2 Å². The fourth-order valence-electron chi connectivity index (χ4n) is 4.24. The molecule has 4 aromatic rings. The molecule has 0 amide bonds. The van der Waals surface area contributed by atoms with Gasteiger partial charge >= 0.3 is 0 Å². The van der Waals surface area contributed by atoms with E-state index in [1.807, 2.05) is 0 Å². The molecule has 0 aromatic heterocycles. The van der Waals surface area contributed by atoms with Crippen LogP contribution < -0.4 is 0 Å². The van der Waals surface area contributed by atoms with E-state index in [9.17, 15) is 0 Å². The van der Waals surface area contributed by atoms with E-state index in [2.05, 4.69) is 149 Å². The molecular weight excluding hydrogens is 408 g/mol. The molecule has 0 heteroatoms. The second kappa shape index (κ2) is 11.0. The van der Waals surface area contributed by atoms with Crippen LogP contribution in [0.5, 0.6) is 0 Å². The highest BCUT2D eigenvalue weighted by Gasteiger charge is 2.21. The molecule has 0 aliphatic carbocycles. The van der Waals surface area contributed by atoms with Crippen LogP contribution in [-0.4, -0.2) is 0 Å². The lowest BCUT2D eigenvalue weighted by molar-refractivity contribution is 0.742. The summed E-state index contributed by atoms with van der Waals surface area (Å²) in [6, 6.07) is 35.5. The summed E-state index contributed by atoms with van der Waals surface area (Å²) in [6.45, 7) is 8.56. The molecule has 0 aliphatic rings. The van der Waals surface area contributed by atoms with Gasteiger partial charge in [0.25, 0.3) is 0 Å². The number of rotatable bonds is 7. The van der Waals surface area contributed by atoms with E-state index in [0.29, 0.717) is 0 Å². The highest BCUT2D eigenvalue weighted by atomic mass is 14.2. The number of benzene rings is 4. The minimum atomic E-state index is 0.214. The van der Waals surface area contributed by atoms with Gasteiger partial charge in [-0.25, -0.2) is 0 Å². The zero-order chi connectivity index (χ0) is 23.9. The van der Waals surface area contributed by atoms with Crippen molar-refractivity contribution in [2.24, 2.45) is 0 Å². The zero-order valence-corrected chi connectivity index (χ0v) is 20.7. The Morgan fingerprint density at radius 1 is 0.382 bits per heavy atom. The predicted molar refractivity (Wildman–Crippen MR) is 148 cm³/mol. The summed E-state index contributed by atoms with van der Waals surface area (Å²) in [6.07, 6.45) is 9.29. The quantitative estimate of drug-likeness (QED) is 0.267. The van der Waals surface area contributed by atoms with Crippen LogP contribution in [0.1, 0.15) is 56.3 Å². The van der Waals surface area contributed by atoms with Crippen LogP contribution >= 0.6 is 0 Å². The van der Waals surface area contributed by atoms with E-state index in [-0.39, 0.29) is 11.8 Å². The van der Waals surface area contributed by atoms with Gasteiger partial charge in [-0.15, -0.1) is 0 Å². The normalized spacial score (nSPS) is 13.4. The van der Waals surface area contributed by atoms with Crippen molar-refractivity contribution in [3.63, 3.8) is 0 Å². The van der Waals surface area contributed by atoms with Crippen molar-refractivity contribution in [1.29, 1.82) is 0 Å². The lowest BCUT2D eigenvalue weighted by Gasteiger charge is -2.24. The van der Waals surface area contributed by atoms with Gasteiger partial charge in [-0.3, -0.25) is 0 Å². The van der Waals surface area contributed by atoms with Crippen molar-refractivity contribution in [1.82, 2.24) is 0 Å². The van der Waals surface area contributed by atoms with Crippen LogP contribution in [0, 0.1) is 27.7 Å². The van der Waals surface area contributed by atoms with Gasteiger partial charge in [-0.1, -0.05) is 144 Å². The highest BCUT2D eigenvalue weighted by molar-refractivity contribution is 5.56. The van der Waals surface area contributed by atoms with Gasteiger partial charge < -0.3 is 0 Å². The van der Waals surface area contributed by atoms with Crippen molar-refractivity contribution in [2.75, 3.05) is 0 Å². The van der Waals surface area contributed by atoms with E-state index >= 15 is 0 Å². The molecule has 0 bridgehead atoms. The van der Waals surface area contributed by atoms with Crippen molar-refractivity contribution < 1.29 is 0 Å². The predicted octanol–water partition coefficient (Wildman–Crippen LogP) is 9.21. The third-order valence-electron chi connectivity index (χ3n) is 6.46. The summed E-state index contributed by atoms with van der Waals surface area (Å²) >= 11 is 0. The molecule has 0 fully saturated rings. The Labute approximate surface area is 205 Å². The van der Waals surface area contributed by atoms with Gasteiger partial charge in [0.15, 0.2) is 0 Å². The van der Waals surface area contributed by atoms with E-state index in [1.165, 1.54) is 44.5 Å². The number of hydrogen-bond donors (Lipinski definition) is 0. The second-order valence-corrected chi connectivity index (χ2v) is 9.41. The Balaban J connectivity index is 1.78. The molecular formula is C34H34. The van der Waals surface area contributed by atoms with Crippen LogP contribution in [0.3, 0.4) is 0 Å². The van der Waals surface area contributed by atoms with Crippen molar-refractivity contribution in [3.05, 3.63) is 154 Å². The van der Waals surface area contributed by atoms with Crippen LogP contribution in [0.4, 0.5) is 0 Å². The average molecular weight is 443 g/mol. The summed E-state index contributed by atoms with van der Waals surface area (Å²) in [7, 11) is 0. The molecule has 0 aliphatic heterocycles. The maximum atomic E-state index is 2.37. The third-order valence-corrected chi connectivity index (χ3v) is 6.46. The Morgan fingerprint density at radius 2 is 0.647 bits per heavy atom. The van der Waals surface area contributed by atoms with Gasteiger partial charge in [-0.05, 0) is 49.9 Å². The van der Waals surface area contributed by atoms with Crippen LogP contribution in [0.25, 0.3) is 12.2 Å². The minimum Gasteiger partial charge on any atom is -0.0755 e. The standard InChI is InChI=1S/C34H34/c1-25-5-13-29(14-6-25)17-23-33(31-19-9-27(3)10-20-31)34(32-21-11-28(4)12-22-32)24-18-30-15-7-26(2)8-16-30/h5-24,33-34H,1-4H3/b23-17+,24-18+/t33-,34-/m1/s1. The fraction of sp³-hybridized carbons (Fsp3) is 0.176. The summed E-state index contributed by atoms with van der Waals surface area (Å²) in [5, 5.41) is 0. The maximum Gasteiger partial charge on any atom is 0.0125 e. The first-order valence-corrected chi connectivity index (χ1v) is 12.1. The molecule has 4 rings (SSSR count). The Morgan fingerprint density at radius 3 is 0.941 bits per heavy atom. The molecule has 0 unspecified atom stereocenters. The molecule has 0 radical (unpaired) electrons. The molecule has 34 heavy (non-hydrogen) atoms. The zero-order valence-electron chi connectivity index (χ0n) is 20.7. The molecule has 170 valence electrons. The molecule has 2 atom stereocenters. The van der Waals surface area contributed by atoms with Crippen molar-refractivity contribution in [2.45, 2.75) is 39.5 Å². The molecule has 0 heterocycles. The van der Waals surface area contributed by atoms with Gasteiger partial charge in [0, 0.05) is 11.8 Å². The fourth-order valence-corrected chi connectivity index (χ4v) is 4.24. The van der Waals surface area contributed by atoms with Crippen molar-refractivity contribution in [3.8, 4) is 0 Å². The van der Waals surface area contributed by atoms with Crippen LogP contribution in [-0.2, 0) is 0 Å². The molecule has 0 spiro atoms. The topological polar surface area (TPSA) is 0 Å². The molecule has 0 nitrogen and oxygen atoms in total. The Kier molecular flexibility index (Phi) is 7.60. The van der Waals surface area contributed by atoms with Gasteiger partial charge in [0.1, 0.15) is 0 Å². The van der Waals surface area contributed by atoms with Crippen LogP contribution in [0.2, 0.25) is 0 Å². The molecule has 0 saturated heterocycles. The monoisotopic (exact) mass is 442 g/mol. The van der Waals surface area contributed by atoms with Gasteiger partial charge in [0.05, 0.1) is 0 Å². The van der Waals surface area contributed by atoms with E-state index in [4.69, 9.17) is 0 Å². The first-order valence-electron chi connectivity index (χ1n) is 12.1. The van der Waals surface area contributed by atoms with Gasteiger partial charge in [-0.2, -0.15) is 0 Å². The third kappa shape index (κ3) is 6.23. The first-order chi connectivity index (χ1) is 16.5. The first kappa shape index (κ1) is 23.5. The summed E-state index contributed by atoms with van der Waals surface area (Å²) in [5.74, 6) is 0.428. The van der Waals surface area contributed by atoms with Gasteiger partial charge in [0.2, 0.25) is 0 Å². The SMILES string of the molecule is Cc1ccc(/C=C/[C@H](c2ccc(C)cc2)[C@H](/C=C/c2ccc(C)cc2)c2ccc(C)cc2)cc1. The second-order valence-electron chi connectivity index (χ2n) is 9.41. The van der Waals surface area contributed by atoms with Crippen LogP contribution in [0.15, 0.2) is 109 Å². The minimum absolute atomic E-state index is 0.214. The average Bonchev–Trinajstić information content (AvgIpc) is 2.85. The molecule has 4 aromatic carbocycles. The smallest absolute Gasteiger partial charge is 0.0125 e. The largest absolute Gasteiger partial charge is 0.0755 e. The Hall–Kier alpha value is -3.64. The van der Waals surface area contributed by atoms with E-state index in [0.717, 1.165) is 0 Å². The molecule has 0 saturated carbocycles. The number of allylic oxidation sites excluding steroid dienone is 2. The maximum absolute atomic E-state index is 2.37. The molecule has 0 N–H and O–H groups in total. The summed E-state index contributed by atoms with van der Waals surface area (Å²) in [4.78, 5) is 0. The lowest BCUT2D eigenvalue weighted by atomic mass is 9.80. The van der Waals surface area contributed by atoms with E-state index < -0.39 is 0 Å².